The highest BCUT2D eigenvalue weighted by atomic mass is 16.5. The molecule has 0 aliphatic heterocycles. The van der Waals surface area contributed by atoms with Gasteiger partial charge in [0.25, 0.3) is 0 Å². The highest BCUT2D eigenvalue weighted by Crippen LogP contribution is 2.22. The Kier molecular flexibility index (Phi) is 4.15. The summed E-state index contributed by atoms with van der Waals surface area (Å²) in [5, 5.41) is 0. The molecule has 0 bridgehead atoms. The van der Waals surface area contributed by atoms with Crippen LogP contribution in [0.15, 0.2) is 42.7 Å². The van der Waals surface area contributed by atoms with Crippen molar-refractivity contribution >= 4 is 5.69 Å². The van der Waals surface area contributed by atoms with E-state index in [0.29, 0.717) is 18.9 Å². The summed E-state index contributed by atoms with van der Waals surface area (Å²) in [5.41, 5.74) is 8.43. The van der Waals surface area contributed by atoms with Crippen molar-refractivity contribution < 1.29 is 9.47 Å². The smallest absolute Gasteiger partial charge is 0.119 e. The van der Waals surface area contributed by atoms with Crippen LogP contribution in [0.25, 0.3) is 11.1 Å². The summed E-state index contributed by atoms with van der Waals surface area (Å²) in [6.45, 7) is 1.14. The molecule has 0 radical (unpaired) electrons. The standard InChI is InChI=1S/C14H16N2O2/c1-17-6-7-18-14-4-2-11(3-5-14)12-8-13(15)10-16-9-12/h2-5,8-10H,6-7,15H2,1H3. The van der Waals surface area contributed by atoms with Crippen LogP contribution in [0.3, 0.4) is 0 Å². The Morgan fingerprint density at radius 2 is 1.83 bits per heavy atom. The number of nitrogens with two attached hydrogens (primary N) is 1. The summed E-state index contributed by atoms with van der Waals surface area (Å²) < 4.78 is 10.4. The fourth-order valence-corrected chi connectivity index (χ4v) is 1.60. The van der Waals surface area contributed by atoms with E-state index in [-0.39, 0.29) is 0 Å². The Hall–Kier alpha value is -2.07. The number of benzene rings is 1. The van der Waals surface area contributed by atoms with Gasteiger partial charge in [-0.2, -0.15) is 0 Å². The van der Waals surface area contributed by atoms with Crippen molar-refractivity contribution in [3.05, 3.63) is 42.7 Å². The van der Waals surface area contributed by atoms with Gasteiger partial charge in [0.2, 0.25) is 0 Å². The number of hydrogen-bond acceptors (Lipinski definition) is 4. The van der Waals surface area contributed by atoms with Crippen LogP contribution in [0.1, 0.15) is 0 Å². The fraction of sp³-hybridized carbons (Fsp3) is 0.214. The molecule has 2 aromatic rings. The number of hydrogen-bond donors (Lipinski definition) is 1. The van der Waals surface area contributed by atoms with Crippen molar-refractivity contribution in [2.24, 2.45) is 0 Å². The van der Waals surface area contributed by atoms with Crippen molar-refractivity contribution in [2.75, 3.05) is 26.1 Å². The summed E-state index contributed by atoms with van der Waals surface area (Å²) in [6.07, 6.45) is 3.42. The molecule has 2 rings (SSSR count). The molecule has 1 heterocycles. The zero-order valence-electron chi connectivity index (χ0n) is 10.3. The summed E-state index contributed by atoms with van der Waals surface area (Å²) >= 11 is 0. The lowest BCUT2D eigenvalue weighted by Crippen LogP contribution is -2.03. The van der Waals surface area contributed by atoms with E-state index in [1.165, 1.54) is 0 Å². The maximum absolute atomic E-state index is 5.71. The molecule has 18 heavy (non-hydrogen) atoms. The molecule has 4 nitrogen and oxygen atoms in total. The van der Waals surface area contributed by atoms with E-state index < -0.39 is 0 Å². The monoisotopic (exact) mass is 244 g/mol. The summed E-state index contributed by atoms with van der Waals surface area (Å²) in [7, 11) is 1.65. The average molecular weight is 244 g/mol. The zero-order chi connectivity index (χ0) is 12.8. The van der Waals surface area contributed by atoms with E-state index in [0.717, 1.165) is 16.9 Å². The molecule has 1 aromatic carbocycles. The van der Waals surface area contributed by atoms with Crippen molar-refractivity contribution in [1.82, 2.24) is 4.98 Å². The third-order valence-corrected chi connectivity index (χ3v) is 2.50. The number of aromatic nitrogens is 1. The maximum atomic E-state index is 5.71. The van der Waals surface area contributed by atoms with Gasteiger partial charge in [-0.3, -0.25) is 4.98 Å². The van der Waals surface area contributed by atoms with Gasteiger partial charge in [0.05, 0.1) is 12.3 Å². The molecule has 4 heteroatoms. The van der Waals surface area contributed by atoms with Gasteiger partial charge in [-0.05, 0) is 23.8 Å². The van der Waals surface area contributed by atoms with E-state index in [9.17, 15) is 0 Å². The average Bonchev–Trinajstić information content (AvgIpc) is 2.40. The molecule has 0 fully saturated rings. The second-order valence-electron chi connectivity index (χ2n) is 3.87. The minimum absolute atomic E-state index is 0.551. The summed E-state index contributed by atoms with van der Waals surface area (Å²) in [4.78, 5) is 4.07. The molecule has 0 aliphatic carbocycles. The van der Waals surface area contributed by atoms with Gasteiger partial charge < -0.3 is 15.2 Å². The summed E-state index contributed by atoms with van der Waals surface area (Å²) in [6, 6.07) is 9.72. The molecule has 0 spiro atoms. The lowest BCUT2D eigenvalue weighted by molar-refractivity contribution is 0.146. The van der Waals surface area contributed by atoms with E-state index in [2.05, 4.69) is 4.98 Å². The van der Waals surface area contributed by atoms with Gasteiger partial charge in [0.1, 0.15) is 12.4 Å². The van der Waals surface area contributed by atoms with Crippen LogP contribution in [0.2, 0.25) is 0 Å². The summed E-state index contributed by atoms with van der Waals surface area (Å²) in [5.74, 6) is 0.827. The lowest BCUT2D eigenvalue weighted by atomic mass is 10.1. The maximum Gasteiger partial charge on any atom is 0.119 e. The van der Waals surface area contributed by atoms with Gasteiger partial charge >= 0.3 is 0 Å². The van der Waals surface area contributed by atoms with Crippen LogP contribution < -0.4 is 10.5 Å². The van der Waals surface area contributed by atoms with E-state index in [1.807, 2.05) is 30.3 Å². The Morgan fingerprint density at radius 3 is 2.50 bits per heavy atom. The normalized spacial score (nSPS) is 10.3. The quantitative estimate of drug-likeness (QED) is 0.820. The van der Waals surface area contributed by atoms with Crippen LogP contribution in [0, 0.1) is 0 Å². The van der Waals surface area contributed by atoms with E-state index >= 15 is 0 Å². The second kappa shape index (κ2) is 6.02. The van der Waals surface area contributed by atoms with Gasteiger partial charge in [0, 0.05) is 25.1 Å². The molecule has 0 aliphatic rings. The number of methoxy groups -OCH3 is 1. The minimum Gasteiger partial charge on any atom is -0.491 e. The van der Waals surface area contributed by atoms with Crippen LogP contribution >= 0.6 is 0 Å². The first kappa shape index (κ1) is 12.4. The van der Waals surface area contributed by atoms with Gasteiger partial charge in [-0.25, -0.2) is 0 Å². The zero-order valence-corrected chi connectivity index (χ0v) is 10.3. The lowest BCUT2D eigenvalue weighted by Gasteiger charge is -2.07. The molecule has 0 atom stereocenters. The van der Waals surface area contributed by atoms with Gasteiger partial charge in [-0.15, -0.1) is 0 Å². The number of rotatable bonds is 5. The number of nitrogens with zero attached hydrogens (tertiary/aromatic N) is 1. The second-order valence-corrected chi connectivity index (χ2v) is 3.87. The molecule has 0 saturated heterocycles. The van der Waals surface area contributed by atoms with Crippen molar-refractivity contribution in [2.45, 2.75) is 0 Å². The number of pyridine rings is 1. The molecule has 0 saturated carbocycles. The molecular weight excluding hydrogens is 228 g/mol. The topological polar surface area (TPSA) is 57.4 Å². The van der Waals surface area contributed by atoms with Gasteiger partial charge in [-0.1, -0.05) is 12.1 Å². The predicted octanol–water partition coefficient (Wildman–Crippen LogP) is 2.36. The largest absolute Gasteiger partial charge is 0.491 e. The third kappa shape index (κ3) is 3.21. The number of nitrogen functional groups attached to an aromatic ring is 1. The number of ether oxygens (including phenoxy) is 2. The van der Waals surface area contributed by atoms with Crippen LogP contribution in [0.4, 0.5) is 5.69 Å². The van der Waals surface area contributed by atoms with Crippen molar-refractivity contribution in [1.29, 1.82) is 0 Å². The first-order valence-corrected chi connectivity index (χ1v) is 5.72. The van der Waals surface area contributed by atoms with Crippen LogP contribution in [0.5, 0.6) is 5.75 Å². The van der Waals surface area contributed by atoms with Crippen molar-refractivity contribution in [3.63, 3.8) is 0 Å². The van der Waals surface area contributed by atoms with Gasteiger partial charge in [0.15, 0.2) is 0 Å². The molecular formula is C14H16N2O2. The molecule has 1 aromatic heterocycles. The third-order valence-electron chi connectivity index (χ3n) is 2.50. The molecule has 94 valence electrons. The SMILES string of the molecule is COCCOc1ccc(-c2cncc(N)c2)cc1. The highest BCUT2D eigenvalue weighted by molar-refractivity contribution is 5.66. The Labute approximate surface area is 106 Å². The number of anilines is 1. The molecule has 0 unspecified atom stereocenters. The molecule has 0 amide bonds. The van der Waals surface area contributed by atoms with Crippen LogP contribution in [-0.4, -0.2) is 25.3 Å². The molecule has 2 N–H and O–H groups in total. The fourth-order valence-electron chi connectivity index (χ4n) is 1.60. The van der Waals surface area contributed by atoms with E-state index in [4.69, 9.17) is 15.2 Å². The first-order valence-electron chi connectivity index (χ1n) is 5.72. The Balaban J connectivity index is 2.07. The van der Waals surface area contributed by atoms with Crippen molar-refractivity contribution in [3.8, 4) is 16.9 Å². The predicted molar refractivity (Wildman–Crippen MR) is 71.5 cm³/mol. The van der Waals surface area contributed by atoms with Crippen LogP contribution in [-0.2, 0) is 4.74 Å². The minimum atomic E-state index is 0.551. The Morgan fingerprint density at radius 1 is 1.06 bits per heavy atom. The Bertz CT molecular complexity index is 497. The first-order chi connectivity index (χ1) is 8.79. The highest BCUT2D eigenvalue weighted by Gasteiger charge is 1.99. The van der Waals surface area contributed by atoms with E-state index in [1.54, 1.807) is 19.5 Å².